The zero-order chi connectivity index (χ0) is 10.4. The molecule has 2 atom stereocenters. The Balaban J connectivity index is 1.89. The van der Waals surface area contributed by atoms with Crippen molar-refractivity contribution < 1.29 is 13.9 Å². The number of aliphatic hydroxyl groups is 1. The molecule has 2 fully saturated rings. The molecular formula is C10H17F2NO. The monoisotopic (exact) mass is 205 g/mol. The van der Waals surface area contributed by atoms with E-state index in [1.807, 2.05) is 4.90 Å². The second-order valence-corrected chi connectivity index (χ2v) is 4.72. The van der Waals surface area contributed by atoms with Crippen molar-refractivity contribution in [2.45, 2.75) is 25.7 Å². The Hall–Kier alpha value is -0.220. The van der Waals surface area contributed by atoms with Crippen LogP contribution in [0.1, 0.15) is 19.8 Å². The van der Waals surface area contributed by atoms with Gasteiger partial charge in [-0.2, -0.15) is 0 Å². The summed E-state index contributed by atoms with van der Waals surface area (Å²) in [4.78, 5) is 2.05. The summed E-state index contributed by atoms with van der Waals surface area (Å²) in [5, 5.41) is 8.65. The van der Waals surface area contributed by atoms with Crippen LogP contribution in [-0.2, 0) is 0 Å². The standard InChI is InChI=1S/C10H17F2NO/c1-9-3-5-13(4-2-6-14)7-8(9)10(9,11)12/h8,14H,2-7H2,1H3. The molecule has 1 aliphatic heterocycles. The number of rotatable bonds is 3. The lowest BCUT2D eigenvalue weighted by Gasteiger charge is -2.27. The van der Waals surface area contributed by atoms with Crippen LogP contribution in [0.15, 0.2) is 0 Å². The number of piperidine rings is 1. The van der Waals surface area contributed by atoms with Gasteiger partial charge in [-0.3, -0.25) is 0 Å². The van der Waals surface area contributed by atoms with Gasteiger partial charge in [-0.15, -0.1) is 0 Å². The van der Waals surface area contributed by atoms with E-state index in [1.165, 1.54) is 0 Å². The summed E-state index contributed by atoms with van der Waals surface area (Å²) in [6.45, 7) is 3.85. The van der Waals surface area contributed by atoms with Crippen molar-refractivity contribution in [3.63, 3.8) is 0 Å². The van der Waals surface area contributed by atoms with Gasteiger partial charge in [-0.1, -0.05) is 6.92 Å². The third-order valence-corrected chi connectivity index (χ3v) is 3.91. The highest BCUT2D eigenvalue weighted by atomic mass is 19.3. The Morgan fingerprint density at radius 2 is 2.21 bits per heavy atom. The smallest absolute Gasteiger partial charge is 0.258 e. The minimum Gasteiger partial charge on any atom is -0.396 e. The summed E-state index contributed by atoms with van der Waals surface area (Å²) in [5.74, 6) is -2.89. The summed E-state index contributed by atoms with van der Waals surface area (Å²) in [6.07, 6.45) is 1.28. The fourth-order valence-corrected chi connectivity index (χ4v) is 2.57. The van der Waals surface area contributed by atoms with E-state index in [4.69, 9.17) is 5.11 Å². The van der Waals surface area contributed by atoms with Crippen LogP contribution in [0.3, 0.4) is 0 Å². The van der Waals surface area contributed by atoms with Gasteiger partial charge in [-0.25, -0.2) is 8.78 Å². The molecule has 1 saturated carbocycles. The largest absolute Gasteiger partial charge is 0.396 e. The van der Waals surface area contributed by atoms with Gasteiger partial charge in [0.05, 0.1) is 0 Å². The van der Waals surface area contributed by atoms with Gasteiger partial charge in [-0.05, 0) is 19.4 Å². The van der Waals surface area contributed by atoms with Gasteiger partial charge in [0.15, 0.2) is 0 Å². The van der Waals surface area contributed by atoms with Gasteiger partial charge in [0, 0.05) is 31.0 Å². The lowest BCUT2D eigenvalue weighted by molar-refractivity contribution is 0.0636. The molecule has 0 amide bonds. The number of hydrogen-bond donors (Lipinski definition) is 1. The Morgan fingerprint density at radius 1 is 1.50 bits per heavy atom. The normalized spacial score (nSPS) is 40.7. The van der Waals surface area contributed by atoms with Crippen molar-refractivity contribution in [3.8, 4) is 0 Å². The lowest BCUT2D eigenvalue weighted by Crippen LogP contribution is -2.34. The Morgan fingerprint density at radius 3 is 2.79 bits per heavy atom. The van der Waals surface area contributed by atoms with Crippen LogP contribution in [0.5, 0.6) is 0 Å². The molecule has 0 aromatic carbocycles. The second kappa shape index (κ2) is 3.14. The fourth-order valence-electron chi connectivity index (χ4n) is 2.57. The molecule has 0 aromatic heterocycles. The highest BCUT2D eigenvalue weighted by Gasteiger charge is 2.78. The van der Waals surface area contributed by atoms with Crippen molar-refractivity contribution in [1.29, 1.82) is 0 Å². The molecule has 1 N–H and O–H groups in total. The van der Waals surface area contributed by atoms with Crippen molar-refractivity contribution in [3.05, 3.63) is 0 Å². The maximum absolute atomic E-state index is 13.3. The molecule has 2 aliphatic rings. The van der Waals surface area contributed by atoms with E-state index < -0.39 is 17.3 Å². The van der Waals surface area contributed by atoms with E-state index in [1.54, 1.807) is 6.92 Å². The maximum Gasteiger partial charge on any atom is 0.258 e. The SMILES string of the molecule is CC12CCN(CCCO)CC1C2(F)F. The molecule has 2 rings (SSSR count). The lowest BCUT2D eigenvalue weighted by atomic mass is 9.97. The number of alkyl halides is 2. The average molecular weight is 205 g/mol. The van der Waals surface area contributed by atoms with Gasteiger partial charge in [0.2, 0.25) is 0 Å². The van der Waals surface area contributed by atoms with Crippen molar-refractivity contribution >= 4 is 0 Å². The number of fused-ring (bicyclic) bond motifs is 1. The number of likely N-dealkylation sites (tertiary alicyclic amines) is 1. The predicted molar refractivity (Wildman–Crippen MR) is 49.3 cm³/mol. The van der Waals surface area contributed by atoms with Crippen LogP contribution in [0, 0.1) is 11.3 Å². The Labute approximate surface area is 82.9 Å². The van der Waals surface area contributed by atoms with Crippen LogP contribution in [-0.4, -0.2) is 42.2 Å². The molecule has 1 aliphatic carbocycles. The second-order valence-electron chi connectivity index (χ2n) is 4.72. The zero-order valence-corrected chi connectivity index (χ0v) is 8.47. The summed E-state index contributed by atoms with van der Waals surface area (Å²) < 4.78 is 26.6. The van der Waals surface area contributed by atoms with E-state index in [0.29, 0.717) is 19.4 Å². The third kappa shape index (κ3) is 1.27. The molecule has 2 nitrogen and oxygen atoms in total. The Bertz CT molecular complexity index is 234. The highest BCUT2D eigenvalue weighted by Crippen LogP contribution is 2.69. The minimum absolute atomic E-state index is 0.148. The van der Waals surface area contributed by atoms with Crippen LogP contribution in [0.2, 0.25) is 0 Å². The Kier molecular flexibility index (Phi) is 2.31. The molecule has 14 heavy (non-hydrogen) atoms. The molecule has 0 aromatic rings. The summed E-state index contributed by atoms with van der Waals surface area (Å²) in [7, 11) is 0. The van der Waals surface area contributed by atoms with Gasteiger partial charge in [0.1, 0.15) is 0 Å². The predicted octanol–water partition coefficient (Wildman–Crippen LogP) is 1.35. The van der Waals surface area contributed by atoms with Crippen molar-refractivity contribution in [2.24, 2.45) is 11.3 Å². The third-order valence-electron chi connectivity index (χ3n) is 3.91. The van der Waals surface area contributed by atoms with Crippen molar-refractivity contribution in [1.82, 2.24) is 4.90 Å². The summed E-state index contributed by atoms with van der Waals surface area (Å²) >= 11 is 0. The first-order valence-corrected chi connectivity index (χ1v) is 5.23. The highest BCUT2D eigenvalue weighted by molar-refractivity contribution is 5.18. The fraction of sp³-hybridized carbons (Fsp3) is 1.00. The quantitative estimate of drug-likeness (QED) is 0.751. The molecule has 0 spiro atoms. The number of hydrogen-bond acceptors (Lipinski definition) is 2. The van der Waals surface area contributed by atoms with Crippen molar-refractivity contribution in [2.75, 3.05) is 26.2 Å². The van der Waals surface area contributed by atoms with Crippen LogP contribution in [0.4, 0.5) is 8.78 Å². The molecule has 1 saturated heterocycles. The first kappa shape index (κ1) is 10.3. The van der Waals surface area contributed by atoms with Crippen LogP contribution < -0.4 is 0 Å². The van der Waals surface area contributed by atoms with Crippen LogP contribution >= 0.6 is 0 Å². The van der Waals surface area contributed by atoms with E-state index >= 15 is 0 Å². The van der Waals surface area contributed by atoms with E-state index in [9.17, 15) is 8.78 Å². The van der Waals surface area contributed by atoms with Gasteiger partial charge < -0.3 is 10.0 Å². The molecular weight excluding hydrogens is 188 g/mol. The topological polar surface area (TPSA) is 23.5 Å². The van der Waals surface area contributed by atoms with E-state index in [0.717, 1.165) is 13.1 Å². The first-order valence-electron chi connectivity index (χ1n) is 5.23. The molecule has 4 heteroatoms. The zero-order valence-electron chi connectivity index (χ0n) is 8.47. The molecule has 0 radical (unpaired) electrons. The van der Waals surface area contributed by atoms with Crippen LogP contribution in [0.25, 0.3) is 0 Å². The van der Waals surface area contributed by atoms with Gasteiger partial charge in [0.25, 0.3) is 5.92 Å². The van der Waals surface area contributed by atoms with E-state index in [2.05, 4.69) is 0 Å². The molecule has 82 valence electrons. The average Bonchev–Trinajstić information content (AvgIpc) is 2.59. The number of halogens is 2. The summed E-state index contributed by atoms with van der Waals surface area (Å²) in [6, 6.07) is 0. The number of nitrogens with zero attached hydrogens (tertiary/aromatic N) is 1. The van der Waals surface area contributed by atoms with E-state index in [-0.39, 0.29) is 6.61 Å². The minimum atomic E-state index is -2.44. The molecule has 2 unspecified atom stereocenters. The number of aliphatic hydroxyl groups excluding tert-OH is 1. The maximum atomic E-state index is 13.3. The first-order chi connectivity index (χ1) is 6.52. The molecule has 0 bridgehead atoms. The van der Waals surface area contributed by atoms with Gasteiger partial charge >= 0.3 is 0 Å². The molecule has 1 heterocycles. The summed E-state index contributed by atoms with van der Waals surface area (Å²) in [5.41, 5.74) is -0.720.